The van der Waals surface area contributed by atoms with Gasteiger partial charge in [-0.15, -0.1) is 0 Å². The minimum absolute atomic E-state index is 0.434. The third-order valence-corrected chi connectivity index (χ3v) is 9.63. The number of benzene rings is 7. The maximum Gasteiger partial charge on any atom is 0.164 e. The molecule has 0 amide bonds. The van der Waals surface area contributed by atoms with Gasteiger partial charge in [0.25, 0.3) is 0 Å². The van der Waals surface area contributed by atoms with Crippen LogP contribution in [-0.4, -0.2) is 15.0 Å². The fourth-order valence-electron chi connectivity index (χ4n) is 7.39. The van der Waals surface area contributed by atoms with Crippen molar-refractivity contribution < 1.29 is 0 Å². The summed E-state index contributed by atoms with van der Waals surface area (Å²) >= 11 is 0. The van der Waals surface area contributed by atoms with E-state index in [9.17, 15) is 0 Å². The lowest BCUT2D eigenvalue weighted by Crippen LogP contribution is -2.28. The first-order chi connectivity index (χ1) is 24.3. The van der Waals surface area contributed by atoms with Gasteiger partial charge in [0.2, 0.25) is 0 Å². The van der Waals surface area contributed by atoms with Gasteiger partial charge >= 0.3 is 0 Å². The monoisotopic (exact) mass is 625 g/mol. The summed E-state index contributed by atoms with van der Waals surface area (Å²) in [7, 11) is 0. The molecular weight excluding hydrogens is 595 g/mol. The summed E-state index contributed by atoms with van der Waals surface area (Å²) in [5.74, 6) is 1.96. The van der Waals surface area contributed by atoms with E-state index in [2.05, 4.69) is 127 Å². The smallest absolute Gasteiger partial charge is 0.164 e. The van der Waals surface area contributed by atoms with Gasteiger partial charge in [-0.25, -0.2) is 15.0 Å². The molecule has 7 aromatic carbocycles. The van der Waals surface area contributed by atoms with E-state index in [1.807, 2.05) is 60.7 Å². The van der Waals surface area contributed by atoms with E-state index >= 15 is 0 Å². The van der Waals surface area contributed by atoms with Crippen molar-refractivity contribution in [3.63, 3.8) is 0 Å². The molecule has 1 aliphatic carbocycles. The maximum atomic E-state index is 4.93. The summed E-state index contributed by atoms with van der Waals surface area (Å²) in [6.07, 6.45) is 0. The minimum atomic E-state index is -0.434. The van der Waals surface area contributed by atoms with E-state index in [4.69, 9.17) is 15.0 Å². The molecule has 9 rings (SSSR count). The highest BCUT2D eigenvalue weighted by molar-refractivity contribution is 5.86. The van der Waals surface area contributed by atoms with Gasteiger partial charge in [0.1, 0.15) is 0 Å². The van der Waals surface area contributed by atoms with Gasteiger partial charge in [0, 0.05) is 16.7 Å². The van der Waals surface area contributed by atoms with Crippen molar-refractivity contribution in [3.8, 4) is 56.4 Å². The third-order valence-electron chi connectivity index (χ3n) is 9.63. The van der Waals surface area contributed by atoms with Crippen LogP contribution in [0.2, 0.25) is 0 Å². The molecule has 230 valence electrons. The number of fused-ring (bicyclic) bond motifs is 3. The van der Waals surface area contributed by atoms with Crippen molar-refractivity contribution in [2.24, 2.45) is 0 Å². The van der Waals surface area contributed by atoms with E-state index in [-0.39, 0.29) is 0 Å². The normalized spacial score (nSPS) is 12.7. The van der Waals surface area contributed by atoms with Crippen LogP contribution in [0.3, 0.4) is 0 Å². The zero-order valence-electron chi connectivity index (χ0n) is 26.7. The lowest BCUT2D eigenvalue weighted by molar-refractivity contribution is 0.769. The first-order valence-electron chi connectivity index (χ1n) is 16.6. The standard InChI is InChI=1S/C46H31N3/c1-4-15-33(16-5-1)43-47-44(34-17-6-2-7-18-34)49-45(48-43)35-29-27-32(28-30-35)36-19-14-22-38(31-36)46(37-20-8-3-9-21-37)41-25-12-10-23-39(41)40-24-11-13-26-42(40)46/h1-31H. The van der Waals surface area contributed by atoms with Crippen LogP contribution in [0.5, 0.6) is 0 Å². The molecule has 0 N–H and O–H groups in total. The van der Waals surface area contributed by atoms with E-state index in [1.54, 1.807) is 0 Å². The van der Waals surface area contributed by atoms with Crippen LogP contribution < -0.4 is 0 Å². The third kappa shape index (κ3) is 4.87. The second-order valence-electron chi connectivity index (χ2n) is 12.4. The van der Waals surface area contributed by atoms with Gasteiger partial charge in [0.15, 0.2) is 17.5 Å². The Labute approximate surface area is 286 Å². The Bertz CT molecular complexity index is 2320. The number of rotatable bonds is 6. The maximum absolute atomic E-state index is 4.93. The second kappa shape index (κ2) is 12.0. The fourth-order valence-corrected chi connectivity index (χ4v) is 7.39. The molecule has 1 aliphatic rings. The van der Waals surface area contributed by atoms with Crippen molar-refractivity contribution >= 4 is 0 Å². The average Bonchev–Trinajstić information content (AvgIpc) is 3.50. The van der Waals surface area contributed by atoms with E-state index < -0.39 is 5.41 Å². The summed E-state index contributed by atoms with van der Waals surface area (Å²) in [6, 6.07) is 66.5. The minimum Gasteiger partial charge on any atom is -0.208 e. The van der Waals surface area contributed by atoms with Crippen LogP contribution in [0.25, 0.3) is 56.4 Å². The molecule has 49 heavy (non-hydrogen) atoms. The lowest BCUT2D eigenvalue weighted by atomic mass is 9.67. The number of aromatic nitrogens is 3. The Hall–Kier alpha value is -6.45. The molecule has 0 atom stereocenters. The van der Waals surface area contributed by atoms with Crippen molar-refractivity contribution in [3.05, 3.63) is 210 Å². The molecule has 0 saturated heterocycles. The van der Waals surface area contributed by atoms with Gasteiger partial charge in [-0.2, -0.15) is 0 Å². The predicted octanol–water partition coefficient (Wildman–Crippen LogP) is 10.9. The highest BCUT2D eigenvalue weighted by Crippen LogP contribution is 2.56. The molecule has 0 bridgehead atoms. The summed E-state index contributed by atoms with van der Waals surface area (Å²) in [5.41, 5.74) is 12.4. The van der Waals surface area contributed by atoms with Gasteiger partial charge in [0.05, 0.1) is 5.41 Å². The van der Waals surface area contributed by atoms with Gasteiger partial charge in [-0.3, -0.25) is 0 Å². The molecule has 0 unspecified atom stereocenters. The van der Waals surface area contributed by atoms with Crippen molar-refractivity contribution in [1.29, 1.82) is 0 Å². The zero-order chi connectivity index (χ0) is 32.6. The summed E-state index contributed by atoms with van der Waals surface area (Å²) in [5, 5.41) is 0. The first kappa shape index (κ1) is 28.7. The molecule has 0 aliphatic heterocycles. The Morgan fingerprint density at radius 2 is 0.673 bits per heavy atom. The van der Waals surface area contributed by atoms with Gasteiger partial charge in [-0.05, 0) is 50.6 Å². The summed E-state index contributed by atoms with van der Waals surface area (Å²) in [6.45, 7) is 0. The van der Waals surface area contributed by atoms with E-state index in [0.29, 0.717) is 17.5 Å². The Balaban J connectivity index is 1.15. The van der Waals surface area contributed by atoms with E-state index in [0.717, 1.165) is 27.8 Å². The Morgan fingerprint density at radius 3 is 1.20 bits per heavy atom. The molecule has 0 fully saturated rings. The first-order valence-corrected chi connectivity index (χ1v) is 16.6. The molecule has 1 heterocycles. The SMILES string of the molecule is c1ccc(-c2nc(-c3ccccc3)nc(-c3ccc(-c4cccc(C5(c6ccccc6)c6ccccc6-c6ccccc65)c4)cc3)n2)cc1. The average molecular weight is 626 g/mol. The molecule has 0 saturated carbocycles. The molecule has 0 spiro atoms. The summed E-state index contributed by atoms with van der Waals surface area (Å²) in [4.78, 5) is 14.7. The Kier molecular flexibility index (Phi) is 7.02. The topological polar surface area (TPSA) is 38.7 Å². The van der Waals surface area contributed by atoms with Crippen LogP contribution in [0.1, 0.15) is 22.3 Å². The molecule has 3 nitrogen and oxygen atoms in total. The highest BCUT2D eigenvalue weighted by atomic mass is 15.0. The molecule has 8 aromatic rings. The molecule has 3 heteroatoms. The van der Waals surface area contributed by atoms with E-state index in [1.165, 1.54) is 33.4 Å². The highest BCUT2D eigenvalue weighted by Gasteiger charge is 2.45. The van der Waals surface area contributed by atoms with Crippen molar-refractivity contribution in [2.45, 2.75) is 5.41 Å². The van der Waals surface area contributed by atoms with Crippen LogP contribution in [0.4, 0.5) is 0 Å². The number of hydrogen-bond donors (Lipinski definition) is 0. The largest absolute Gasteiger partial charge is 0.208 e. The van der Waals surface area contributed by atoms with Crippen LogP contribution in [0, 0.1) is 0 Å². The quantitative estimate of drug-likeness (QED) is 0.185. The predicted molar refractivity (Wildman–Crippen MR) is 199 cm³/mol. The molecule has 1 aromatic heterocycles. The van der Waals surface area contributed by atoms with Crippen molar-refractivity contribution in [2.75, 3.05) is 0 Å². The van der Waals surface area contributed by atoms with Crippen LogP contribution in [0.15, 0.2) is 188 Å². The number of hydrogen-bond acceptors (Lipinski definition) is 3. The second-order valence-corrected chi connectivity index (χ2v) is 12.4. The number of nitrogens with zero attached hydrogens (tertiary/aromatic N) is 3. The Morgan fingerprint density at radius 1 is 0.286 bits per heavy atom. The van der Waals surface area contributed by atoms with Crippen molar-refractivity contribution in [1.82, 2.24) is 15.0 Å². The zero-order valence-corrected chi connectivity index (χ0v) is 26.7. The van der Waals surface area contributed by atoms with Gasteiger partial charge < -0.3 is 0 Å². The van der Waals surface area contributed by atoms with Crippen LogP contribution in [-0.2, 0) is 5.41 Å². The van der Waals surface area contributed by atoms with Crippen LogP contribution >= 0.6 is 0 Å². The molecule has 0 radical (unpaired) electrons. The molecular formula is C46H31N3. The fraction of sp³-hybridized carbons (Fsp3) is 0.0217. The van der Waals surface area contributed by atoms with Gasteiger partial charge in [-0.1, -0.05) is 182 Å². The summed E-state index contributed by atoms with van der Waals surface area (Å²) < 4.78 is 0. The lowest BCUT2D eigenvalue weighted by Gasteiger charge is -2.34.